The van der Waals surface area contributed by atoms with Crippen molar-refractivity contribution in [3.05, 3.63) is 0 Å². The minimum absolute atomic E-state index is 0.0912. The molecule has 0 rings (SSSR count). The van der Waals surface area contributed by atoms with Gasteiger partial charge in [0.2, 0.25) is 0 Å². The van der Waals surface area contributed by atoms with Crippen LogP contribution in [0.3, 0.4) is 0 Å². The maximum atomic E-state index is 11.5. The Bertz CT molecular complexity index is 187. The normalized spacial score (nSPS) is 19.6. The van der Waals surface area contributed by atoms with Crippen molar-refractivity contribution in [2.75, 3.05) is 6.61 Å². The number of esters is 1. The fraction of sp³-hybridized carbons (Fsp3) is 0.909. The van der Waals surface area contributed by atoms with Gasteiger partial charge < -0.3 is 9.84 Å². The lowest BCUT2D eigenvalue weighted by molar-refractivity contribution is -0.170. The Morgan fingerprint density at radius 2 is 1.93 bits per heavy atom. The molecular weight excluding hydrogens is 180 g/mol. The Morgan fingerprint density at radius 3 is 2.29 bits per heavy atom. The van der Waals surface area contributed by atoms with Crippen molar-refractivity contribution in [2.45, 2.75) is 46.6 Å². The second-order valence-electron chi connectivity index (χ2n) is 4.04. The standard InChI is InChI=1S/C11H22O3/c1-6-8(3)9(4)11(5,13)10(12)14-7-2/h8-9,13H,6-7H2,1-5H3. The molecule has 0 radical (unpaired) electrons. The molecule has 0 bridgehead atoms. The van der Waals surface area contributed by atoms with E-state index in [1.54, 1.807) is 6.92 Å². The Labute approximate surface area is 86.5 Å². The van der Waals surface area contributed by atoms with Gasteiger partial charge >= 0.3 is 5.97 Å². The average Bonchev–Trinajstić information content (AvgIpc) is 2.15. The summed E-state index contributed by atoms with van der Waals surface area (Å²) < 4.78 is 4.83. The van der Waals surface area contributed by atoms with Crippen LogP contribution in [0.25, 0.3) is 0 Å². The van der Waals surface area contributed by atoms with Gasteiger partial charge in [0.25, 0.3) is 0 Å². The third kappa shape index (κ3) is 2.98. The van der Waals surface area contributed by atoms with Gasteiger partial charge in [0.15, 0.2) is 5.60 Å². The first-order valence-corrected chi connectivity index (χ1v) is 5.27. The van der Waals surface area contributed by atoms with Gasteiger partial charge in [0, 0.05) is 0 Å². The molecule has 0 aliphatic carbocycles. The van der Waals surface area contributed by atoms with E-state index in [9.17, 15) is 9.90 Å². The molecule has 0 amide bonds. The van der Waals surface area contributed by atoms with E-state index in [-0.39, 0.29) is 5.92 Å². The van der Waals surface area contributed by atoms with E-state index >= 15 is 0 Å². The molecule has 3 heteroatoms. The third-order valence-electron chi connectivity index (χ3n) is 3.07. The molecule has 0 saturated heterocycles. The van der Waals surface area contributed by atoms with E-state index in [2.05, 4.69) is 0 Å². The number of hydrogen-bond donors (Lipinski definition) is 1. The van der Waals surface area contributed by atoms with Crippen LogP contribution < -0.4 is 0 Å². The fourth-order valence-electron chi connectivity index (χ4n) is 1.37. The highest BCUT2D eigenvalue weighted by Crippen LogP contribution is 2.27. The molecule has 84 valence electrons. The molecule has 0 aromatic heterocycles. The van der Waals surface area contributed by atoms with E-state index < -0.39 is 11.6 Å². The molecule has 3 unspecified atom stereocenters. The summed E-state index contributed by atoms with van der Waals surface area (Å²) in [5, 5.41) is 10.0. The van der Waals surface area contributed by atoms with Crippen molar-refractivity contribution < 1.29 is 14.6 Å². The van der Waals surface area contributed by atoms with E-state index in [0.717, 1.165) is 6.42 Å². The van der Waals surface area contributed by atoms with E-state index in [1.807, 2.05) is 20.8 Å². The topological polar surface area (TPSA) is 46.5 Å². The first-order valence-electron chi connectivity index (χ1n) is 5.27. The maximum absolute atomic E-state index is 11.5. The van der Waals surface area contributed by atoms with Crippen LogP contribution in [0, 0.1) is 11.8 Å². The number of ether oxygens (including phenoxy) is 1. The average molecular weight is 202 g/mol. The van der Waals surface area contributed by atoms with Gasteiger partial charge in [-0.15, -0.1) is 0 Å². The minimum Gasteiger partial charge on any atom is -0.464 e. The number of aliphatic hydroxyl groups is 1. The Hall–Kier alpha value is -0.570. The van der Waals surface area contributed by atoms with Crippen LogP contribution in [0.2, 0.25) is 0 Å². The van der Waals surface area contributed by atoms with Crippen LogP contribution >= 0.6 is 0 Å². The van der Waals surface area contributed by atoms with Gasteiger partial charge in [-0.1, -0.05) is 27.2 Å². The summed E-state index contributed by atoms with van der Waals surface area (Å²) in [6.45, 7) is 9.53. The fourth-order valence-corrected chi connectivity index (χ4v) is 1.37. The van der Waals surface area contributed by atoms with Crippen molar-refractivity contribution >= 4 is 5.97 Å². The zero-order valence-electron chi connectivity index (χ0n) is 9.83. The summed E-state index contributed by atoms with van der Waals surface area (Å²) in [6.07, 6.45) is 0.941. The van der Waals surface area contributed by atoms with Crippen molar-refractivity contribution in [1.29, 1.82) is 0 Å². The second-order valence-corrected chi connectivity index (χ2v) is 4.04. The van der Waals surface area contributed by atoms with Crippen LogP contribution in [0.4, 0.5) is 0 Å². The SMILES string of the molecule is CCOC(=O)C(C)(O)C(C)C(C)CC. The molecular formula is C11H22O3. The molecule has 3 nitrogen and oxygen atoms in total. The molecule has 1 N–H and O–H groups in total. The Morgan fingerprint density at radius 1 is 1.43 bits per heavy atom. The molecule has 0 fully saturated rings. The van der Waals surface area contributed by atoms with E-state index in [4.69, 9.17) is 4.74 Å². The van der Waals surface area contributed by atoms with Crippen LogP contribution in [0.15, 0.2) is 0 Å². The second kappa shape index (κ2) is 5.35. The van der Waals surface area contributed by atoms with E-state index in [0.29, 0.717) is 12.5 Å². The highest BCUT2D eigenvalue weighted by atomic mass is 16.5. The highest BCUT2D eigenvalue weighted by molar-refractivity contribution is 5.79. The lowest BCUT2D eigenvalue weighted by Gasteiger charge is -2.31. The van der Waals surface area contributed by atoms with Crippen LogP contribution in [-0.4, -0.2) is 23.3 Å². The summed E-state index contributed by atoms with van der Waals surface area (Å²) in [4.78, 5) is 11.5. The Kier molecular flexibility index (Phi) is 5.13. The predicted molar refractivity (Wildman–Crippen MR) is 55.9 cm³/mol. The van der Waals surface area contributed by atoms with Crippen molar-refractivity contribution in [2.24, 2.45) is 11.8 Å². The summed E-state index contributed by atoms with van der Waals surface area (Å²) in [6, 6.07) is 0. The number of carbonyl (C=O) groups excluding carboxylic acids is 1. The maximum Gasteiger partial charge on any atom is 0.338 e. The van der Waals surface area contributed by atoms with Crippen LogP contribution in [-0.2, 0) is 9.53 Å². The molecule has 0 spiro atoms. The van der Waals surface area contributed by atoms with E-state index in [1.165, 1.54) is 6.92 Å². The van der Waals surface area contributed by atoms with Crippen molar-refractivity contribution in [3.8, 4) is 0 Å². The van der Waals surface area contributed by atoms with Crippen molar-refractivity contribution in [1.82, 2.24) is 0 Å². The smallest absolute Gasteiger partial charge is 0.338 e. The molecule has 14 heavy (non-hydrogen) atoms. The zero-order valence-corrected chi connectivity index (χ0v) is 9.83. The number of hydrogen-bond acceptors (Lipinski definition) is 3. The molecule has 3 atom stereocenters. The predicted octanol–water partition coefficient (Wildman–Crippen LogP) is 1.98. The van der Waals surface area contributed by atoms with Gasteiger partial charge in [-0.25, -0.2) is 4.79 Å². The van der Waals surface area contributed by atoms with Crippen LogP contribution in [0.5, 0.6) is 0 Å². The van der Waals surface area contributed by atoms with Gasteiger partial charge in [0.05, 0.1) is 6.61 Å². The van der Waals surface area contributed by atoms with Gasteiger partial charge in [0.1, 0.15) is 0 Å². The first-order chi connectivity index (χ1) is 6.37. The van der Waals surface area contributed by atoms with Gasteiger partial charge in [-0.2, -0.15) is 0 Å². The zero-order chi connectivity index (χ0) is 11.4. The van der Waals surface area contributed by atoms with Gasteiger partial charge in [-0.05, 0) is 25.7 Å². The third-order valence-corrected chi connectivity index (χ3v) is 3.07. The van der Waals surface area contributed by atoms with Crippen molar-refractivity contribution in [3.63, 3.8) is 0 Å². The number of rotatable bonds is 5. The quantitative estimate of drug-likeness (QED) is 0.693. The van der Waals surface area contributed by atoms with Crippen LogP contribution in [0.1, 0.15) is 41.0 Å². The summed E-state index contributed by atoms with van der Waals surface area (Å²) >= 11 is 0. The highest BCUT2D eigenvalue weighted by Gasteiger charge is 2.39. The first kappa shape index (κ1) is 13.4. The lowest BCUT2D eigenvalue weighted by atomic mass is 9.80. The summed E-state index contributed by atoms with van der Waals surface area (Å²) in [5.41, 5.74) is -1.37. The molecule has 0 saturated carbocycles. The largest absolute Gasteiger partial charge is 0.464 e. The molecule has 0 heterocycles. The number of carbonyl (C=O) groups is 1. The molecule has 0 aromatic rings. The monoisotopic (exact) mass is 202 g/mol. The summed E-state index contributed by atoms with van der Waals surface area (Å²) in [7, 11) is 0. The van der Waals surface area contributed by atoms with Gasteiger partial charge in [-0.3, -0.25) is 0 Å². The Balaban J connectivity index is 4.50. The molecule has 0 aliphatic rings. The summed E-state index contributed by atoms with van der Waals surface area (Å²) in [5.74, 6) is -0.311. The molecule has 0 aliphatic heterocycles. The minimum atomic E-state index is -1.37. The molecule has 0 aromatic carbocycles. The lowest BCUT2D eigenvalue weighted by Crippen LogP contribution is -2.45.